The van der Waals surface area contributed by atoms with Gasteiger partial charge in [0.25, 0.3) is 0 Å². The summed E-state index contributed by atoms with van der Waals surface area (Å²) in [5.74, 6) is 0.0126. The van der Waals surface area contributed by atoms with Gasteiger partial charge in [0.2, 0.25) is 5.91 Å². The highest BCUT2D eigenvalue weighted by atomic mass is 16.7. The normalized spacial score (nSPS) is 11.6. The molecule has 108 valence electrons. The van der Waals surface area contributed by atoms with Gasteiger partial charge in [-0.3, -0.25) is 9.63 Å². The first-order chi connectivity index (χ1) is 8.83. The fourth-order valence-corrected chi connectivity index (χ4v) is 1.28. The first kappa shape index (κ1) is 15.4. The van der Waals surface area contributed by atoms with E-state index in [0.717, 1.165) is 0 Å². The smallest absolute Gasteiger partial charge is 0.240 e. The van der Waals surface area contributed by atoms with E-state index in [-0.39, 0.29) is 31.2 Å². The van der Waals surface area contributed by atoms with Gasteiger partial charge >= 0.3 is 0 Å². The van der Waals surface area contributed by atoms with Crippen LogP contribution in [0.5, 0.6) is 0 Å². The molecule has 0 saturated heterocycles. The second-order valence-electron chi connectivity index (χ2n) is 4.97. The number of hydroxylamine groups is 1. The summed E-state index contributed by atoms with van der Waals surface area (Å²) in [6.07, 6.45) is 1.44. The molecule has 19 heavy (non-hydrogen) atoms. The maximum Gasteiger partial charge on any atom is 0.240 e. The van der Waals surface area contributed by atoms with Gasteiger partial charge in [-0.1, -0.05) is 0 Å². The van der Waals surface area contributed by atoms with Crippen molar-refractivity contribution in [3.8, 4) is 0 Å². The van der Waals surface area contributed by atoms with Gasteiger partial charge < -0.3 is 16.2 Å². The number of hydrogen-bond acceptors (Lipinski definition) is 6. The number of amides is 1. The summed E-state index contributed by atoms with van der Waals surface area (Å²) >= 11 is 0. The van der Waals surface area contributed by atoms with Crippen LogP contribution in [0.2, 0.25) is 0 Å². The molecule has 0 aliphatic rings. The summed E-state index contributed by atoms with van der Waals surface area (Å²) in [4.78, 5) is 16.8. The molecule has 1 rings (SSSR count). The fourth-order valence-electron chi connectivity index (χ4n) is 1.28. The third-order valence-corrected chi connectivity index (χ3v) is 2.08. The third-order valence-electron chi connectivity index (χ3n) is 2.08. The first-order valence-corrected chi connectivity index (χ1v) is 5.96. The van der Waals surface area contributed by atoms with E-state index in [4.69, 9.17) is 15.7 Å². The van der Waals surface area contributed by atoms with E-state index in [1.807, 2.05) is 20.8 Å². The Hall–Kier alpha value is -1.64. The Kier molecular flexibility index (Phi) is 5.28. The zero-order chi connectivity index (χ0) is 14.5. The van der Waals surface area contributed by atoms with Crippen LogP contribution >= 0.6 is 0 Å². The topological polar surface area (TPSA) is 114 Å². The van der Waals surface area contributed by atoms with Crippen LogP contribution in [-0.4, -0.2) is 39.5 Å². The summed E-state index contributed by atoms with van der Waals surface area (Å²) < 4.78 is 1.41. The Morgan fingerprint density at radius 1 is 1.58 bits per heavy atom. The fraction of sp³-hybridized carbons (Fsp3) is 0.636. The molecular formula is C11H21N5O3. The van der Waals surface area contributed by atoms with Gasteiger partial charge in [0.05, 0.1) is 24.9 Å². The van der Waals surface area contributed by atoms with Gasteiger partial charge in [-0.05, 0) is 20.8 Å². The van der Waals surface area contributed by atoms with Crippen LogP contribution in [0.3, 0.4) is 0 Å². The summed E-state index contributed by atoms with van der Waals surface area (Å²) in [5, 5.41) is 15.3. The zero-order valence-corrected chi connectivity index (χ0v) is 11.4. The first-order valence-electron chi connectivity index (χ1n) is 5.96. The summed E-state index contributed by atoms with van der Waals surface area (Å²) in [6, 6.07) is 0. The Labute approximate surface area is 111 Å². The lowest BCUT2D eigenvalue weighted by Crippen LogP contribution is -2.34. The van der Waals surface area contributed by atoms with Gasteiger partial charge in [-0.25, -0.2) is 4.68 Å². The number of carbonyl (C=O) groups is 1. The molecule has 1 aromatic heterocycles. The summed E-state index contributed by atoms with van der Waals surface area (Å²) in [6.45, 7) is 5.83. The minimum absolute atomic E-state index is 0.00187. The molecule has 0 aliphatic carbocycles. The highest BCUT2D eigenvalue weighted by molar-refractivity contribution is 5.94. The van der Waals surface area contributed by atoms with E-state index >= 15 is 0 Å². The Bertz CT molecular complexity index is 424. The van der Waals surface area contributed by atoms with E-state index in [1.165, 1.54) is 10.9 Å². The van der Waals surface area contributed by atoms with Crippen molar-refractivity contribution in [3.05, 3.63) is 6.20 Å². The highest BCUT2D eigenvalue weighted by Crippen LogP contribution is 2.16. The number of nitrogens with two attached hydrogens (primary N) is 1. The van der Waals surface area contributed by atoms with Crippen molar-refractivity contribution in [2.24, 2.45) is 0 Å². The largest absolute Gasteiger partial charge is 0.394 e. The molecule has 5 N–H and O–H groups in total. The average Bonchev–Trinajstić information content (AvgIpc) is 2.60. The maximum atomic E-state index is 11.6. The summed E-state index contributed by atoms with van der Waals surface area (Å²) in [7, 11) is 0. The quantitative estimate of drug-likeness (QED) is 0.529. The number of aliphatic hydroxyl groups is 1. The van der Waals surface area contributed by atoms with Crippen molar-refractivity contribution >= 4 is 17.4 Å². The molecule has 0 bridgehead atoms. The van der Waals surface area contributed by atoms with Crippen molar-refractivity contribution in [1.29, 1.82) is 0 Å². The van der Waals surface area contributed by atoms with E-state index < -0.39 is 0 Å². The van der Waals surface area contributed by atoms with E-state index in [9.17, 15) is 4.79 Å². The molecular weight excluding hydrogens is 250 g/mol. The summed E-state index contributed by atoms with van der Waals surface area (Å²) in [5.41, 5.74) is 8.38. The Balaban J connectivity index is 2.44. The highest BCUT2D eigenvalue weighted by Gasteiger charge is 2.13. The molecule has 8 heteroatoms. The monoisotopic (exact) mass is 271 g/mol. The van der Waals surface area contributed by atoms with Crippen molar-refractivity contribution in [1.82, 2.24) is 15.3 Å². The van der Waals surface area contributed by atoms with Crippen LogP contribution < -0.4 is 16.5 Å². The molecule has 8 nitrogen and oxygen atoms in total. The lowest BCUT2D eigenvalue weighted by molar-refractivity contribution is -0.122. The van der Waals surface area contributed by atoms with Gasteiger partial charge in [-0.2, -0.15) is 10.6 Å². The van der Waals surface area contributed by atoms with Gasteiger partial charge in [0.1, 0.15) is 18.1 Å². The predicted molar refractivity (Wildman–Crippen MR) is 71.2 cm³/mol. The molecule has 0 aromatic carbocycles. The lowest BCUT2D eigenvalue weighted by Gasteiger charge is -2.18. The number of nitrogen functional groups attached to an aromatic ring is 1. The van der Waals surface area contributed by atoms with Gasteiger partial charge in [-0.15, -0.1) is 0 Å². The van der Waals surface area contributed by atoms with Crippen molar-refractivity contribution in [2.45, 2.75) is 32.9 Å². The van der Waals surface area contributed by atoms with Crippen LogP contribution in [0.25, 0.3) is 0 Å². The van der Waals surface area contributed by atoms with Gasteiger partial charge in [0, 0.05) is 0 Å². The zero-order valence-electron chi connectivity index (χ0n) is 11.4. The van der Waals surface area contributed by atoms with Crippen molar-refractivity contribution < 1.29 is 14.7 Å². The van der Waals surface area contributed by atoms with Crippen molar-refractivity contribution in [3.63, 3.8) is 0 Å². The number of rotatable bonds is 6. The molecule has 1 aromatic rings. The Morgan fingerprint density at radius 3 is 2.84 bits per heavy atom. The molecule has 0 atom stereocenters. The van der Waals surface area contributed by atoms with E-state index in [2.05, 4.69) is 15.9 Å². The van der Waals surface area contributed by atoms with Crippen LogP contribution in [-0.2, 0) is 16.2 Å². The Morgan fingerprint density at radius 2 is 2.26 bits per heavy atom. The molecule has 0 radical (unpaired) electrons. The number of aliphatic hydroxyl groups excluding tert-OH is 1. The second kappa shape index (κ2) is 6.50. The molecule has 0 fully saturated rings. The average molecular weight is 271 g/mol. The minimum atomic E-state index is -0.370. The number of nitrogens with one attached hydrogen (secondary N) is 2. The molecule has 1 amide bonds. The number of anilines is 2. The maximum absolute atomic E-state index is 11.6. The van der Waals surface area contributed by atoms with E-state index in [0.29, 0.717) is 11.5 Å². The lowest BCUT2D eigenvalue weighted by atomic mass is 10.2. The number of aromatic nitrogens is 2. The minimum Gasteiger partial charge on any atom is -0.394 e. The van der Waals surface area contributed by atoms with Crippen LogP contribution in [0.15, 0.2) is 6.20 Å². The number of hydrogen-bond donors (Lipinski definition) is 4. The number of nitrogens with zero attached hydrogens (tertiary/aromatic N) is 2. The number of carbonyl (C=O) groups excluding carboxylic acids is 1. The molecule has 1 heterocycles. The SMILES string of the molecule is CC(C)(C)ONCC(=O)Nc1cnn(CCO)c1N. The molecule has 0 saturated carbocycles. The predicted octanol–water partition coefficient (Wildman–Crippen LogP) is -0.284. The molecule has 0 unspecified atom stereocenters. The molecule has 0 spiro atoms. The van der Waals surface area contributed by atoms with Crippen LogP contribution in [0, 0.1) is 0 Å². The standard InChI is InChI=1S/C11H21N5O3/c1-11(2,3)19-14-7-9(18)15-8-6-13-16(4-5-17)10(8)12/h6,14,17H,4-5,7,12H2,1-3H3,(H,15,18). The molecule has 0 aliphatic heterocycles. The third kappa shape index (κ3) is 5.25. The van der Waals surface area contributed by atoms with Gasteiger partial charge in [0.15, 0.2) is 0 Å². The second-order valence-corrected chi connectivity index (χ2v) is 4.97. The van der Waals surface area contributed by atoms with Crippen LogP contribution in [0.1, 0.15) is 20.8 Å². The van der Waals surface area contributed by atoms with Crippen LogP contribution in [0.4, 0.5) is 11.5 Å². The van der Waals surface area contributed by atoms with Crippen molar-refractivity contribution in [2.75, 3.05) is 24.2 Å². The van der Waals surface area contributed by atoms with E-state index in [1.54, 1.807) is 0 Å².